The van der Waals surface area contributed by atoms with Crippen LogP contribution in [0.1, 0.15) is 18.5 Å². The molecule has 15 heavy (non-hydrogen) atoms. The van der Waals surface area contributed by atoms with E-state index in [1.165, 1.54) is 5.56 Å². The van der Waals surface area contributed by atoms with Gasteiger partial charge < -0.3 is 5.32 Å². The van der Waals surface area contributed by atoms with E-state index in [1.807, 2.05) is 18.8 Å². The van der Waals surface area contributed by atoms with Crippen LogP contribution in [-0.2, 0) is 7.05 Å². The molecule has 1 heterocycles. The van der Waals surface area contributed by atoms with Crippen molar-refractivity contribution >= 4 is 26.8 Å². The standard InChI is InChI=1S/C11H14BrN3/c1-7(13-2)8-4-5-9-10(6-8)15(3)14-11(9)12/h4-7,13H,1-3H3. The molecule has 0 saturated carbocycles. The van der Waals surface area contributed by atoms with Crippen LogP contribution in [0.3, 0.4) is 0 Å². The van der Waals surface area contributed by atoms with E-state index in [1.54, 1.807) is 0 Å². The van der Waals surface area contributed by atoms with Gasteiger partial charge in [0.1, 0.15) is 4.60 Å². The van der Waals surface area contributed by atoms with Crippen LogP contribution in [0.2, 0.25) is 0 Å². The minimum absolute atomic E-state index is 0.364. The number of fused-ring (bicyclic) bond motifs is 1. The van der Waals surface area contributed by atoms with Gasteiger partial charge in [-0.3, -0.25) is 4.68 Å². The minimum Gasteiger partial charge on any atom is -0.313 e. The van der Waals surface area contributed by atoms with Crippen molar-refractivity contribution in [1.82, 2.24) is 15.1 Å². The Hall–Kier alpha value is -0.870. The molecule has 1 N–H and O–H groups in total. The van der Waals surface area contributed by atoms with Crippen molar-refractivity contribution in [3.63, 3.8) is 0 Å². The zero-order chi connectivity index (χ0) is 11.0. The quantitative estimate of drug-likeness (QED) is 0.907. The highest BCUT2D eigenvalue weighted by Gasteiger charge is 2.08. The van der Waals surface area contributed by atoms with Gasteiger partial charge in [-0.15, -0.1) is 0 Å². The van der Waals surface area contributed by atoms with Crippen LogP contribution in [0.4, 0.5) is 0 Å². The first-order chi connectivity index (χ1) is 7.13. The van der Waals surface area contributed by atoms with E-state index in [4.69, 9.17) is 0 Å². The van der Waals surface area contributed by atoms with E-state index in [0.717, 1.165) is 15.5 Å². The van der Waals surface area contributed by atoms with Gasteiger partial charge in [-0.2, -0.15) is 5.10 Å². The van der Waals surface area contributed by atoms with Gasteiger partial charge in [-0.25, -0.2) is 0 Å². The molecule has 2 aromatic rings. The van der Waals surface area contributed by atoms with Gasteiger partial charge in [0.15, 0.2) is 0 Å². The third kappa shape index (κ3) is 1.79. The predicted octanol–water partition coefficient (Wildman–Crippen LogP) is 2.62. The summed E-state index contributed by atoms with van der Waals surface area (Å²) in [5.74, 6) is 0. The largest absolute Gasteiger partial charge is 0.313 e. The van der Waals surface area contributed by atoms with Crippen molar-refractivity contribution in [2.75, 3.05) is 7.05 Å². The number of hydrogen-bond acceptors (Lipinski definition) is 2. The molecule has 0 aliphatic heterocycles. The van der Waals surface area contributed by atoms with E-state index in [2.05, 4.69) is 51.5 Å². The van der Waals surface area contributed by atoms with E-state index in [-0.39, 0.29) is 0 Å². The number of hydrogen-bond donors (Lipinski definition) is 1. The number of nitrogens with zero attached hydrogens (tertiary/aromatic N) is 2. The Morgan fingerprint density at radius 1 is 1.47 bits per heavy atom. The summed E-state index contributed by atoms with van der Waals surface area (Å²) in [6, 6.07) is 6.78. The fourth-order valence-corrected chi connectivity index (χ4v) is 2.24. The van der Waals surface area contributed by atoms with Crippen molar-refractivity contribution < 1.29 is 0 Å². The topological polar surface area (TPSA) is 29.9 Å². The summed E-state index contributed by atoms with van der Waals surface area (Å²) in [6.07, 6.45) is 0. The zero-order valence-corrected chi connectivity index (χ0v) is 10.7. The molecule has 2 rings (SSSR count). The highest BCUT2D eigenvalue weighted by molar-refractivity contribution is 9.10. The highest BCUT2D eigenvalue weighted by Crippen LogP contribution is 2.25. The maximum Gasteiger partial charge on any atom is 0.135 e. The fourth-order valence-electron chi connectivity index (χ4n) is 1.67. The van der Waals surface area contributed by atoms with Crippen LogP contribution in [0.15, 0.2) is 22.8 Å². The van der Waals surface area contributed by atoms with Gasteiger partial charge in [-0.1, -0.05) is 6.07 Å². The fraction of sp³-hybridized carbons (Fsp3) is 0.364. The van der Waals surface area contributed by atoms with Crippen molar-refractivity contribution in [2.24, 2.45) is 7.05 Å². The van der Waals surface area contributed by atoms with Crippen LogP contribution in [0.5, 0.6) is 0 Å². The van der Waals surface area contributed by atoms with Gasteiger partial charge in [0.25, 0.3) is 0 Å². The molecule has 1 atom stereocenters. The predicted molar refractivity (Wildman–Crippen MR) is 65.9 cm³/mol. The van der Waals surface area contributed by atoms with E-state index >= 15 is 0 Å². The summed E-state index contributed by atoms with van der Waals surface area (Å²) in [4.78, 5) is 0. The molecule has 1 unspecified atom stereocenters. The van der Waals surface area contributed by atoms with Gasteiger partial charge in [0.05, 0.1) is 5.52 Å². The normalized spacial score (nSPS) is 13.3. The van der Waals surface area contributed by atoms with Gasteiger partial charge in [0.2, 0.25) is 0 Å². The van der Waals surface area contributed by atoms with Gasteiger partial charge in [0, 0.05) is 18.5 Å². The maximum atomic E-state index is 4.33. The molecule has 0 aliphatic carbocycles. The lowest BCUT2D eigenvalue weighted by Gasteiger charge is -2.10. The molecule has 0 saturated heterocycles. The lowest BCUT2D eigenvalue weighted by Crippen LogP contribution is -2.12. The number of aromatic nitrogens is 2. The van der Waals surface area contributed by atoms with Crippen LogP contribution in [-0.4, -0.2) is 16.8 Å². The number of halogens is 1. The monoisotopic (exact) mass is 267 g/mol. The number of aryl methyl sites for hydroxylation is 1. The second-order valence-electron chi connectivity index (χ2n) is 3.70. The lowest BCUT2D eigenvalue weighted by atomic mass is 10.1. The van der Waals surface area contributed by atoms with Crippen LogP contribution in [0, 0.1) is 0 Å². The Bertz CT molecular complexity index is 490. The van der Waals surface area contributed by atoms with Crippen molar-refractivity contribution in [3.05, 3.63) is 28.4 Å². The van der Waals surface area contributed by atoms with E-state index < -0.39 is 0 Å². The molecule has 0 bridgehead atoms. The highest BCUT2D eigenvalue weighted by atomic mass is 79.9. The Balaban J connectivity index is 2.60. The molecule has 0 spiro atoms. The molecule has 80 valence electrons. The first-order valence-corrected chi connectivity index (χ1v) is 5.72. The third-order valence-electron chi connectivity index (χ3n) is 2.76. The summed E-state index contributed by atoms with van der Waals surface area (Å²) in [7, 11) is 3.93. The van der Waals surface area contributed by atoms with Gasteiger partial charge in [-0.05, 0) is 47.6 Å². The van der Waals surface area contributed by atoms with Gasteiger partial charge >= 0.3 is 0 Å². The van der Waals surface area contributed by atoms with Crippen LogP contribution >= 0.6 is 15.9 Å². The first-order valence-electron chi connectivity index (χ1n) is 4.93. The maximum absolute atomic E-state index is 4.33. The third-order valence-corrected chi connectivity index (χ3v) is 3.35. The Labute approximate surface area is 97.6 Å². The molecule has 0 fully saturated rings. The van der Waals surface area contributed by atoms with Crippen molar-refractivity contribution in [1.29, 1.82) is 0 Å². The van der Waals surface area contributed by atoms with E-state index in [0.29, 0.717) is 6.04 Å². The Morgan fingerprint density at radius 3 is 2.87 bits per heavy atom. The number of nitrogens with one attached hydrogen (secondary N) is 1. The molecule has 1 aromatic carbocycles. The van der Waals surface area contributed by atoms with Crippen molar-refractivity contribution in [2.45, 2.75) is 13.0 Å². The molecule has 4 heteroatoms. The summed E-state index contributed by atoms with van der Waals surface area (Å²) in [6.45, 7) is 2.15. The number of benzene rings is 1. The lowest BCUT2D eigenvalue weighted by molar-refractivity contribution is 0.652. The average Bonchev–Trinajstić information content (AvgIpc) is 2.53. The van der Waals surface area contributed by atoms with Crippen molar-refractivity contribution in [3.8, 4) is 0 Å². The second kappa shape index (κ2) is 3.94. The SMILES string of the molecule is CNC(C)c1ccc2c(Br)nn(C)c2c1. The summed E-state index contributed by atoms with van der Waals surface area (Å²) < 4.78 is 2.80. The van der Waals surface area contributed by atoms with Crippen LogP contribution in [0.25, 0.3) is 10.9 Å². The molecule has 1 aromatic heterocycles. The smallest absolute Gasteiger partial charge is 0.135 e. The average molecular weight is 268 g/mol. The summed E-state index contributed by atoms with van der Waals surface area (Å²) in [5.41, 5.74) is 2.43. The zero-order valence-electron chi connectivity index (χ0n) is 9.08. The second-order valence-corrected chi connectivity index (χ2v) is 4.45. The Kier molecular flexibility index (Phi) is 2.80. The summed E-state index contributed by atoms with van der Waals surface area (Å²) in [5, 5.41) is 8.72. The van der Waals surface area contributed by atoms with E-state index in [9.17, 15) is 0 Å². The first kappa shape index (κ1) is 10.6. The number of rotatable bonds is 2. The summed E-state index contributed by atoms with van der Waals surface area (Å²) >= 11 is 3.45. The molecule has 3 nitrogen and oxygen atoms in total. The molecule has 0 radical (unpaired) electrons. The minimum atomic E-state index is 0.364. The molecular formula is C11H14BrN3. The molecule has 0 amide bonds. The molecule has 0 aliphatic rings. The molecular weight excluding hydrogens is 254 g/mol. The van der Waals surface area contributed by atoms with Crippen LogP contribution < -0.4 is 5.32 Å². The Morgan fingerprint density at radius 2 is 2.20 bits per heavy atom.